The van der Waals surface area contributed by atoms with Gasteiger partial charge >= 0.3 is 0 Å². The van der Waals surface area contributed by atoms with Crippen LogP contribution in [0.25, 0.3) is 11.1 Å². The summed E-state index contributed by atoms with van der Waals surface area (Å²) in [6.45, 7) is 6.56. The van der Waals surface area contributed by atoms with Gasteiger partial charge < -0.3 is 9.64 Å². The molecular formula is C24H33N3O4S. The zero-order chi connectivity index (χ0) is 23.1. The second-order valence-corrected chi connectivity index (χ2v) is 9.91. The molecule has 32 heavy (non-hydrogen) atoms. The Morgan fingerprint density at radius 3 is 2.69 bits per heavy atom. The predicted octanol–water partition coefficient (Wildman–Crippen LogP) is 2.97. The molecule has 1 aliphatic rings. The largest absolute Gasteiger partial charge is 0.481 e. The van der Waals surface area contributed by atoms with Crippen molar-refractivity contribution < 1.29 is 17.9 Å². The summed E-state index contributed by atoms with van der Waals surface area (Å²) in [6.07, 6.45) is 5.10. The fourth-order valence-corrected chi connectivity index (χ4v) is 5.37. The summed E-state index contributed by atoms with van der Waals surface area (Å²) in [5.41, 5.74) is 5.10. The first kappa shape index (κ1) is 24.2. The first-order valence-electron chi connectivity index (χ1n) is 11.3. The molecule has 3 rings (SSSR count). The number of ether oxygens (including phenoxy) is 1. The molecular weight excluding hydrogens is 426 g/mol. The maximum atomic E-state index is 12.8. The Morgan fingerprint density at radius 2 is 1.97 bits per heavy atom. The van der Waals surface area contributed by atoms with E-state index in [1.54, 1.807) is 13.3 Å². The van der Waals surface area contributed by atoms with E-state index in [0.717, 1.165) is 54.6 Å². The van der Waals surface area contributed by atoms with Crippen molar-refractivity contribution in [1.82, 2.24) is 14.6 Å². The van der Waals surface area contributed by atoms with Gasteiger partial charge in [0.1, 0.15) is 0 Å². The Labute approximate surface area is 191 Å². The normalized spacial score (nSPS) is 13.2. The standard InChI is InChI=1S/C24H33N3O4S/c1-4-27(5-2)14-7-15-32(29,30)26-23(28)17-22-20-9-6-8-18(20)10-11-21(22)19-12-13-25-24(16-19)31-3/h10-13,16H,4-9,14-15,17H2,1-3H3,(H,26,28). The van der Waals surface area contributed by atoms with Crippen molar-refractivity contribution in [1.29, 1.82) is 0 Å². The van der Waals surface area contributed by atoms with Crippen molar-refractivity contribution in [3.8, 4) is 17.0 Å². The molecule has 1 aromatic carbocycles. The van der Waals surface area contributed by atoms with Crippen molar-refractivity contribution in [2.24, 2.45) is 0 Å². The Hall–Kier alpha value is -2.45. The zero-order valence-electron chi connectivity index (χ0n) is 19.2. The SMILES string of the molecule is CCN(CC)CCCS(=O)(=O)NC(=O)Cc1c(-c2ccnc(OC)c2)ccc2c1CCC2. The van der Waals surface area contributed by atoms with Crippen molar-refractivity contribution in [2.45, 2.75) is 46.0 Å². The molecule has 1 heterocycles. The van der Waals surface area contributed by atoms with E-state index in [9.17, 15) is 13.2 Å². The molecule has 0 aliphatic heterocycles. The van der Waals surface area contributed by atoms with Crippen LogP contribution in [0.1, 0.15) is 43.4 Å². The van der Waals surface area contributed by atoms with Gasteiger partial charge in [0.05, 0.1) is 19.3 Å². The van der Waals surface area contributed by atoms with Gasteiger partial charge in [-0.05, 0) is 79.2 Å². The molecule has 1 amide bonds. The van der Waals surface area contributed by atoms with Gasteiger partial charge in [-0.2, -0.15) is 0 Å². The minimum Gasteiger partial charge on any atom is -0.481 e. The van der Waals surface area contributed by atoms with Crippen LogP contribution in [-0.2, 0) is 34.1 Å². The van der Waals surface area contributed by atoms with Crippen LogP contribution in [0.3, 0.4) is 0 Å². The maximum absolute atomic E-state index is 12.8. The van der Waals surface area contributed by atoms with Crippen molar-refractivity contribution in [3.05, 3.63) is 47.2 Å². The smallest absolute Gasteiger partial charge is 0.237 e. The van der Waals surface area contributed by atoms with E-state index in [1.807, 2.05) is 32.0 Å². The van der Waals surface area contributed by atoms with Gasteiger partial charge in [0.15, 0.2) is 0 Å². The number of pyridine rings is 1. The van der Waals surface area contributed by atoms with Crippen molar-refractivity contribution >= 4 is 15.9 Å². The lowest BCUT2D eigenvalue weighted by atomic mass is 9.91. The molecule has 8 heteroatoms. The molecule has 0 atom stereocenters. The van der Waals surface area contributed by atoms with Gasteiger partial charge in [0.25, 0.3) is 0 Å². The third kappa shape index (κ3) is 6.07. The van der Waals surface area contributed by atoms with E-state index in [4.69, 9.17) is 4.74 Å². The molecule has 0 saturated carbocycles. The second kappa shape index (κ2) is 10.9. The highest BCUT2D eigenvalue weighted by Crippen LogP contribution is 2.34. The van der Waals surface area contributed by atoms with E-state index < -0.39 is 15.9 Å². The zero-order valence-corrected chi connectivity index (χ0v) is 20.0. The summed E-state index contributed by atoms with van der Waals surface area (Å²) in [7, 11) is -2.11. The minimum atomic E-state index is -3.67. The molecule has 0 saturated heterocycles. The second-order valence-electron chi connectivity index (χ2n) is 8.07. The quantitative estimate of drug-likeness (QED) is 0.556. The molecule has 0 spiro atoms. The Bertz CT molecular complexity index is 1050. The van der Waals surface area contributed by atoms with E-state index in [1.165, 1.54) is 5.56 Å². The highest BCUT2D eigenvalue weighted by atomic mass is 32.2. The Kier molecular flexibility index (Phi) is 8.26. The summed E-state index contributed by atoms with van der Waals surface area (Å²) in [5.74, 6) is -0.0547. The molecule has 0 radical (unpaired) electrons. The molecule has 0 bridgehead atoms. The number of benzene rings is 1. The summed E-state index contributed by atoms with van der Waals surface area (Å²) in [4.78, 5) is 19.1. The third-order valence-corrected chi connectivity index (χ3v) is 7.41. The predicted molar refractivity (Wildman–Crippen MR) is 126 cm³/mol. The first-order chi connectivity index (χ1) is 15.4. The molecule has 2 aromatic rings. The van der Waals surface area contributed by atoms with Gasteiger partial charge in [0, 0.05) is 12.3 Å². The number of hydrogen-bond acceptors (Lipinski definition) is 6. The van der Waals surface area contributed by atoms with Crippen LogP contribution in [0.15, 0.2) is 30.5 Å². The number of nitrogens with zero attached hydrogens (tertiary/aromatic N) is 2. The van der Waals surface area contributed by atoms with Crippen LogP contribution in [0.4, 0.5) is 0 Å². The number of carbonyl (C=O) groups is 1. The molecule has 1 aromatic heterocycles. The van der Waals surface area contributed by atoms with Crippen LogP contribution >= 0.6 is 0 Å². The lowest BCUT2D eigenvalue weighted by molar-refractivity contribution is -0.118. The van der Waals surface area contributed by atoms with E-state index in [-0.39, 0.29) is 12.2 Å². The lowest BCUT2D eigenvalue weighted by Gasteiger charge is -2.18. The van der Waals surface area contributed by atoms with Crippen LogP contribution in [0, 0.1) is 0 Å². The van der Waals surface area contributed by atoms with Gasteiger partial charge in [-0.15, -0.1) is 0 Å². The number of amides is 1. The summed E-state index contributed by atoms with van der Waals surface area (Å²) in [5, 5.41) is 0. The van der Waals surface area contributed by atoms with E-state index >= 15 is 0 Å². The highest BCUT2D eigenvalue weighted by molar-refractivity contribution is 7.90. The van der Waals surface area contributed by atoms with Crippen LogP contribution in [-0.4, -0.2) is 56.7 Å². The summed E-state index contributed by atoms with van der Waals surface area (Å²) in [6, 6.07) is 7.84. The number of aryl methyl sites for hydroxylation is 1. The number of methoxy groups -OCH3 is 1. The lowest BCUT2D eigenvalue weighted by Crippen LogP contribution is -2.35. The van der Waals surface area contributed by atoms with Gasteiger partial charge in [0.2, 0.25) is 21.8 Å². The van der Waals surface area contributed by atoms with E-state index in [2.05, 4.69) is 20.7 Å². The topological polar surface area (TPSA) is 88.6 Å². The third-order valence-electron chi connectivity index (χ3n) is 6.04. The van der Waals surface area contributed by atoms with Crippen LogP contribution in [0.2, 0.25) is 0 Å². The molecule has 1 N–H and O–H groups in total. The summed E-state index contributed by atoms with van der Waals surface area (Å²) < 4.78 is 32.5. The number of aromatic nitrogens is 1. The van der Waals surface area contributed by atoms with Gasteiger partial charge in [-0.25, -0.2) is 13.4 Å². The number of fused-ring (bicyclic) bond motifs is 1. The van der Waals surface area contributed by atoms with Crippen LogP contribution in [0.5, 0.6) is 5.88 Å². The van der Waals surface area contributed by atoms with Crippen molar-refractivity contribution in [2.75, 3.05) is 32.5 Å². The fraction of sp³-hybridized carbons (Fsp3) is 0.500. The van der Waals surface area contributed by atoms with Gasteiger partial charge in [-0.3, -0.25) is 9.52 Å². The Balaban J connectivity index is 1.77. The number of nitrogens with one attached hydrogen (secondary N) is 1. The van der Waals surface area contributed by atoms with E-state index in [0.29, 0.717) is 18.8 Å². The molecule has 1 aliphatic carbocycles. The number of rotatable bonds is 11. The molecule has 0 unspecified atom stereocenters. The molecule has 174 valence electrons. The maximum Gasteiger partial charge on any atom is 0.237 e. The Morgan fingerprint density at radius 1 is 1.19 bits per heavy atom. The van der Waals surface area contributed by atoms with Crippen LogP contribution < -0.4 is 9.46 Å². The fourth-order valence-electron chi connectivity index (χ4n) is 4.34. The monoisotopic (exact) mass is 459 g/mol. The molecule has 0 fully saturated rings. The summed E-state index contributed by atoms with van der Waals surface area (Å²) >= 11 is 0. The van der Waals surface area contributed by atoms with Gasteiger partial charge in [-0.1, -0.05) is 26.0 Å². The molecule has 7 nitrogen and oxygen atoms in total. The number of carbonyl (C=O) groups excluding carboxylic acids is 1. The average Bonchev–Trinajstić information content (AvgIpc) is 3.26. The number of sulfonamides is 1. The van der Waals surface area contributed by atoms with Crippen molar-refractivity contribution in [3.63, 3.8) is 0 Å². The highest BCUT2D eigenvalue weighted by Gasteiger charge is 2.23. The number of hydrogen-bond donors (Lipinski definition) is 1. The minimum absolute atomic E-state index is 0.0262. The average molecular weight is 460 g/mol. The first-order valence-corrected chi connectivity index (χ1v) is 12.9.